The molecule has 1 aromatic rings. The van der Waals surface area contributed by atoms with Crippen LogP contribution in [0.4, 0.5) is 0 Å². The van der Waals surface area contributed by atoms with E-state index in [4.69, 9.17) is 11.6 Å². The van der Waals surface area contributed by atoms with Crippen molar-refractivity contribution >= 4 is 23.6 Å². The summed E-state index contributed by atoms with van der Waals surface area (Å²) >= 11 is 5.78. The number of nitrogens with zero attached hydrogens (tertiary/aromatic N) is 1. The van der Waals surface area contributed by atoms with E-state index in [1.54, 1.807) is 12.3 Å². The normalized spacial score (nSPS) is 10.7. The fraction of sp³-hybridized carbons (Fsp3) is 0.273. The van der Waals surface area contributed by atoms with Gasteiger partial charge in [0.15, 0.2) is 0 Å². The highest BCUT2D eigenvalue weighted by molar-refractivity contribution is 6.32. The van der Waals surface area contributed by atoms with Crippen molar-refractivity contribution < 1.29 is 9.53 Å². The third kappa shape index (κ3) is 3.32. The molecule has 0 bridgehead atoms. The highest BCUT2D eigenvalue weighted by atomic mass is 35.5. The Labute approximate surface area is 99.3 Å². The van der Waals surface area contributed by atoms with Gasteiger partial charge in [0, 0.05) is 12.7 Å². The molecule has 1 aromatic heterocycles. The van der Waals surface area contributed by atoms with Gasteiger partial charge in [-0.05, 0) is 18.7 Å². The van der Waals surface area contributed by atoms with Gasteiger partial charge in [-0.2, -0.15) is 0 Å². The van der Waals surface area contributed by atoms with Crippen LogP contribution in [-0.2, 0) is 4.74 Å². The molecule has 1 N–H and O–H groups in total. The second-order valence-electron chi connectivity index (χ2n) is 3.06. The van der Waals surface area contributed by atoms with E-state index < -0.39 is 5.97 Å². The molecule has 0 aliphatic carbocycles. The van der Waals surface area contributed by atoms with Crippen molar-refractivity contribution in [3.63, 3.8) is 0 Å². The molecule has 0 aromatic carbocycles. The van der Waals surface area contributed by atoms with Gasteiger partial charge in [0.05, 0.1) is 12.7 Å². The molecule has 0 atom stereocenters. The summed E-state index contributed by atoms with van der Waals surface area (Å²) in [6.07, 6.45) is 5.37. The van der Waals surface area contributed by atoms with Crippen LogP contribution in [0.5, 0.6) is 0 Å². The number of nitrogens with one attached hydrogen (secondary N) is 1. The van der Waals surface area contributed by atoms with E-state index in [0.717, 1.165) is 12.1 Å². The predicted molar refractivity (Wildman–Crippen MR) is 63.5 cm³/mol. The number of ether oxygens (including phenoxy) is 1. The molecule has 1 heterocycles. The summed E-state index contributed by atoms with van der Waals surface area (Å²) in [4.78, 5) is 15.3. The molecule has 0 fully saturated rings. The van der Waals surface area contributed by atoms with Crippen LogP contribution in [0.3, 0.4) is 0 Å². The lowest BCUT2D eigenvalue weighted by Crippen LogP contribution is -2.04. The maximum atomic E-state index is 11.3. The Balaban J connectivity index is 2.93. The standard InChI is InChI=1S/C11H13ClN2O2/c1-13-5-3-4-8-6-9(11(15)16-2)10(12)14-7-8/h3-4,6-7,13H,5H2,1-2H3. The van der Waals surface area contributed by atoms with Crippen molar-refractivity contribution in [2.45, 2.75) is 0 Å². The maximum Gasteiger partial charge on any atom is 0.341 e. The van der Waals surface area contributed by atoms with E-state index in [-0.39, 0.29) is 10.7 Å². The van der Waals surface area contributed by atoms with Crippen LogP contribution in [0, 0.1) is 0 Å². The quantitative estimate of drug-likeness (QED) is 0.644. The van der Waals surface area contributed by atoms with E-state index in [9.17, 15) is 4.79 Å². The second-order valence-corrected chi connectivity index (χ2v) is 3.42. The number of likely N-dealkylation sites (N-methyl/N-ethyl adjacent to an activating group) is 1. The lowest BCUT2D eigenvalue weighted by Gasteiger charge is -2.02. The summed E-state index contributed by atoms with van der Waals surface area (Å²) in [5.74, 6) is -0.485. The Kier molecular flexibility index (Phi) is 4.95. The van der Waals surface area contributed by atoms with E-state index in [2.05, 4.69) is 15.0 Å². The zero-order valence-corrected chi connectivity index (χ0v) is 9.91. The van der Waals surface area contributed by atoms with Crippen molar-refractivity contribution in [3.05, 3.63) is 34.6 Å². The fourth-order valence-corrected chi connectivity index (χ4v) is 1.30. The topological polar surface area (TPSA) is 51.2 Å². The number of carbonyl (C=O) groups excluding carboxylic acids is 1. The zero-order valence-electron chi connectivity index (χ0n) is 9.16. The summed E-state index contributed by atoms with van der Waals surface area (Å²) in [7, 11) is 3.16. The van der Waals surface area contributed by atoms with Gasteiger partial charge in [0.25, 0.3) is 0 Å². The van der Waals surface area contributed by atoms with E-state index >= 15 is 0 Å². The molecule has 86 valence electrons. The SMILES string of the molecule is CNCC=Cc1cnc(Cl)c(C(=O)OC)c1. The first-order valence-electron chi connectivity index (χ1n) is 4.74. The van der Waals surface area contributed by atoms with Gasteiger partial charge in [-0.1, -0.05) is 23.8 Å². The summed E-state index contributed by atoms with van der Waals surface area (Å²) in [5, 5.41) is 3.12. The lowest BCUT2D eigenvalue weighted by atomic mass is 10.2. The summed E-state index contributed by atoms with van der Waals surface area (Å²) in [5.41, 5.74) is 1.08. The van der Waals surface area contributed by atoms with Crippen LogP contribution >= 0.6 is 11.6 Å². The highest BCUT2D eigenvalue weighted by Crippen LogP contribution is 2.16. The van der Waals surface area contributed by atoms with E-state index in [1.807, 2.05) is 19.2 Å². The third-order valence-corrected chi connectivity index (χ3v) is 2.20. The van der Waals surface area contributed by atoms with Crippen LogP contribution in [0.25, 0.3) is 6.08 Å². The monoisotopic (exact) mass is 240 g/mol. The van der Waals surface area contributed by atoms with Gasteiger partial charge in [-0.25, -0.2) is 9.78 Å². The minimum Gasteiger partial charge on any atom is -0.465 e. The molecule has 0 saturated carbocycles. The third-order valence-electron chi connectivity index (χ3n) is 1.90. The van der Waals surface area contributed by atoms with Crippen LogP contribution in [0.1, 0.15) is 15.9 Å². The van der Waals surface area contributed by atoms with Crippen LogP contribution in [0.2, 0.25) is 5.15 Å². The Morgan fingerprint density at radius 2 is 2.44 bits per heavy atom. The largest absolute Gasteiger partial charge is 0.465 e. The van der Waals surface area contributed by atoms with Crippen molar-refractivity contribution in [1.29, 1.82) is 0 Å². The van der Waals surface area contributed by atoms with Gasteiger partial charge in [0.2, 0.25) is 0 Å². The van der Waals surface area contributed by atoms with Gasteiger partial charge >= 0.3 is 5.97 Å². The van der Waals surface area contributed by atoms with Gasteiger partial charge in [-0.3, -0.25) is 0 Å². The smallest absolute Gasteiger partial charge is 0.341 e. The van der Waals surface area contributed by atoms with Crippen molar-refractivity contribution in [3.8, 4) is 0 Å². The van der Waals surface area contributed by atoms with E-state index in [1.165, 1.54) is 7.11 Å². The molecule has 16 heavy (non-hydrogen) atoms. The number of pyridine rings is 1. The Bertz CT molecular complexity index is 405. The van der Waals surface area contributed by atoms with E-state index in [0.29, 0.717) is 0 Å². The predicted octanol–water partition coefficient (Wildman–Crippen LogP) is 1.75. The first kappa shape index (κ1) is 12.7. The minimum absolute atomic E-state index is 0.151. The second kappa shape index (κ2) is 6.25. The van der Waals surface area contributed by atoms with Crippen molar-refractivity contribution in [2.75, 3.05) is 20.7 Å². The van der Waals surface area contributed by atoms with Gasteiger partial charge in [0.1, 0.15) is 5.15 Å². The maximum absolute atomic E-state index is 11.3. The molecular formula is C11H13ClN2O2. The molecule has 0 aliphatic rings. The number of aromatic nitrogens is 1. The molecule has 0 unspecified atom stereocenters. The van der Waals surface area contributed by atoms with Crippen molar-refractivity contribution in [2.24, 2.45) is 0 Å². The Hall–Kier alpha value is -1.39. The number of hydrogen-bond acceptors (Lipinski definition) is 4. The van der Waals surface area contributed by atoms with Crippen LogP contribution in [0.15, 0.2) is 18.3 Å². The summed E-state index contributed by atoms with van der Waals surface area (Å²) in [6, 6.07) is 1.65. The Morgan fingerprint density at radius 1 is 1.69 bits per heavy atom. The molecular weight excluding hydrogens is 228 g/mol. The fourth-order valence-electron chi connectivity index (χ4n) is 1.12. The number of methoxy groups -OCH3 is 1. The van der Waals surface area contributed by atoms with Crippen molar-refractivity contribution in [1.82, 2.24) is 10.3 Å². The molecule has 0 saturated heterocycles. The highest BCUT2D eigenvalue weighted by Gasteiger charge is 2.11. The molecule has 0 spiro atoms. The number of esters is 1. The zero-order chi connectivity index (χ0) is 12.0. The number of halogens is 1. The first-order chi connectivity index (χ1) is 7.69. The first-order valence-corrected chi connectivity index (χ1v) is 5.12. The molecule has 5 heteroatoms. The molecule has 4 nitrogen and oxygen atoms in total. The molecule has 0 radical (unpaired) electrons. The number of carbonyl (C=O) groups is 1. The van der Waals surface area contributed by atoms with Gasteiger partial charge < -0.3 is 10.1 Å². The number of rotatable bonds is 4. The Morgan fingerprint density at radius 3 is 3.06 bits per heavy atom. The van der Waals surface area contributed by atoms with Crippen LogP contribution in [-0.4, -0.2) is 31.7 Å². The summed E-state index contributed by atoms with van der Waals surface area (Å²) in [6.45, 7) is 0.746. The van der Waals surface area contributed by atoms with Gasteiger partial charge in [-0.15, -0.1) is 0 Å². The lowest BCUT2D eigenvalue weighted by molar-refractivity contribution is 0.0600. The molecule has 0 amide bonds. The molecule has 1 rings (SSSR count). The van der Waals surface area contributed by atoms with Crippen LogP contribution < -0.4 is 5.32 Å². The average molecular weight is 241 g/mol. The molecule has 0 aliphatic heterocycles. The summed E-state index contributed by atoms with van der Waals surface area (Å²) < 4.78 is 4.60. The minimum atomic E-state index is -0.485. The number of hydrogen-bond donors (Lipinski definition) is 1. The average Bonchev–Trinajstić information content (AvgIpc) is 2.30.